The molecule has 0 saturated carbocycles. The summed E-state index contributed by atoms with van der Waals surface area (Å²) in [7, 11) is -4.07. The van der Waals surface area contributed by atoms with Crippen LogP contribution in [0.4, 0.5) is 21.5 Å². The molecule has 0 bridgehead atoms. The number of hydrogen-bond acceptors (Lipinski definition) is 4. The summed E-state index contributed by atoms with van der Waals surface area (Å²) in [5.41, 5.74) is 1.37. The zero-order valence-electron chi connectivity index (χ0n) is 17.6. The smallest absolute Gasteiger partial charge is 0.264 e. The van der Waals surface area contributed by atoms with E-state index in [1.807, 2.05) is 0 Å². The van der Waals surface area contributed by atoms with E-state index >= 15 is 0 Å². The number of nitrogens with zero attached hydrogens (tertiary/aromatic N) is 2. The fourth-order valence-corrected chi connectivity index (χ4v) is 5.06. The molecule has 0 radical (unpaired) electrons. The van der Waals surface area contributed by atoms with Crippen molar-refractivity contribution in [2.45, 2.75) is 17.7 Å². The first kappa shape index (κ1) is 22.5. The summed E-state index contributed by atoms with van der Waals surface area (Å²) in [6.45, 7) is 0.156. The molecule has 9 heteroatoms. The first-order valence-electron chi connectivity index (χ1n) is 10.4. The molecule has 7 nitrogen and oxygen atoms in total. The molecule has 1 saturated heterocycles. The Hall–Kier alpha value is -3.72. The van der Waals surface area contributed by atoms with Crippen LogP contribution in [0, 0.1) is 5.82 Å². The van der Waals surface area contributed by atoms with E-state index in [2.05, 4.69) is 5.32 Å². The zero-order chi connectivity index (χ0) is 23.4. The highest BCUT2D eigenvalue weighted by molar-refractivity contribution is 7.92. The predicted molar refractivity (Wildman–Crippen MR) is 124 cm³/mol. The number of anilines is 3. The summed E-state index contributed by atoms with van der Waals surface area (Å²) < 4.78 is 40.8. The minimum absolute atomic E-state index is 0.0155. The van der Waals surface area contributed by atoms with Gasteiger partial charge in [0.2, 0.25) is 11.8 Å². The predicted octanol–water partition coefficient (Wildman–Crippen LogP) is 3.79. The van der Waals surface area contributed by atoms with Gasteiger partial charge < -0.3 is 10.2 Å². The Morgan fingerprint density at radius 1 is 0.970 bits per heavy atom. The molecule has 33 heavy (non-hydrogen) atoms. The van der Waals surface area contributed by atoms with Crippen LogP contribution in [-0.2, 0) is 19.6 Å². The number of carbonyl (C=O) groups is 2. The fourth-order valence-electron chi connectivity index (χ4n) is 3.62. The fraction of sp³-hybridized carbons (Fsp3) is 0.167. The maximum atomic E-state index is 13.4. The molecule has 0 aromatic heterocycles. The molecule has 3 aromatic rings. The Kier molecular flexibility index (Phi) is 6.41. The van der Waals surface area contributed by atoms with Crippen molar-refractivity contribution < 1.29 is 22.4 Å². The highest BCUT2D eigenvalue weighted by Gasteiger charge is 2.27. The monoisotopic (exact) mass is 467 g/mol. The highest BCUT2D eigenvalue weighted by atomic mass is 32.2. The maximum absolute atomic E-state index is 13.4. The van der Waals surface area contributed by atoms with Gasteiger partial charge in [0.05, 0.1) is 10.6 Å². The van der Waals surface area contributed by atoms with E-state index < -0.39 is 28.3 Å². The van der Waals surface area contributed by atoms with Gasteiger partial charge in [-0.3, -0.25) is 13.9 Å². The quantitative estimate of drug-likeness (QED) is 0.573. The number of sulfonamides is 1. The van der Waals surface area contributed by atoms with Gasteiger partial charge in [-0.1, -0.05) is 18.2 Å². The SMILES string of the molecule is O=C(CN(c1ccc(F)cc1)S(=O)(=O)c1ccccc1)Nc1ccc(N2CCCC2=O)cc1. The van der Waals surface area contributed by atoms with E-state index in [1.54, 1.807) is 47.4 Å². The number of hydrogen-bond donors (Lipinski definition) is 1. The van der Waals surface area contributed by atoms with E-state index in [9.17, 15) is 22.4 Å². The molecule has 0 aliphatic carbocycles. The zero-order valence-corrected chi connectivity index (χ0v) is 18.5. The lowest BCUT2D eigenvalue weighted by Gasteiger charge is -2.24. The van der Waals surface area contributed by atoms with Crippen LogP contribution in [0.5, 0.6) is 0 Å². The topological polar surface area (TPSA) is 86.8 Å². The number of carbonyl (C=O) groups excluding carboxylic acids is 2. The number of halogens is 1. The molecule has 0 spiro atoms. The molecule has 1 heterocycles. The normalized spacial score (nSPS) is 13.7. The summed E-state index contributed by atoms with van der Waals surface area (Å²) in [5, 5.41) is 2.68. The lowest BCUT2D eigenvalue weighted by Crippen LogP contribution is -2.38. The second-order valence-corrected chi connectivity index (χ2v) is 9.41. The Bertz CT molecular complexity index is 1250. The molecular formula is C24H22FN3O4S. The molecule has 3 aromatic carbocycles. The first-order chi connectivity index (χ1) is 15.8. The average Bonchev–Trinajstić information content (AvgIpc) is 3.25. The van der Waals surface area contributed by atoms with Gasteiger partial charge in [0.25, 0.3) is 10.0 Å². The third kappa shape index (κ3) is 5.04. The van der Waals surface area contributed by atoms with Crippen LogP contribution in [0.25, 0.3) is 0 Å². The number of nitrogens with one attached hydrogen (secondary N) is 1. The average molecular weight is 468 g/mol. The Balaban J connectivity index is 1.54. The lowest BCUT2D eigenvalue weighted by molar-refractivity contribution is -0.117. The molecule has 0 atom stereocenters. The second-order valence-electron chi connectivity index (χ2n) is 7.55. The molecule has 1 aliphatic rings. The summed E-state index contributed by atoms with van der Waals surface area (Å²) in [5.74, 6) is -1.02. The van der Waals surface area contributed by atoms with Crippen molar-refractivity contribution in [3.05, 3.63) is 84.7 Å². The van der Waals surface area contributed by atoms with Crippen molar-refractivity contribution in [1.82, 2.24) is 0 Å². The first-order valence-corrected chi connectivity index (χ1v) is 11.8. The van der Waals surface area contributed by atoms with Crippen LogP contribution in [0.3, 0.4) is 0 Å². The lowest BCUT2D eigenvalue weighted by atomic mass is 10.2. The van der Waals surface area contributed by atoms with Gasteiger partial charge in [-0.25, -0.2) is 12.8 Å². The third-order valence-corrected chi connectivity index (χ3v) is 7.06. The van der Waals surface area contributed by atoms with Gasteiger partial charge in [0.1, 0.15) is 12.4 Å². The van der Waals surface area contributed by atoms with Crippen molar-refractivity contribution >= 4 is 38.9 Å². The molecule has 1 fully saturated rings. The summed E-state index contributed by atoms with van der Waals surface area (Å²) in [6, 6.07) is 19.4. The minimum atomic E-state index is -4.07. The van der Waals surface area contributed by atoms with Gasteiger partial charge in [0.15, 0.2) is 0 Å². The van der Waals surface area contributed by atoms with E-state index in [1.165, 1.54) is 24.3 Å². The van der Waals surface area contributed by atoms with Gasteiger partial charge in [0, 0.05) is 24.3 Å². The Morgan fingerprint density at radius 3 is 2.24 bits per heavy atom. The molecule has 170 valence electrons. The van der Waals surface area contributed by atoms with Crippen LogP contribution in [-0.4, -0.2) is 33.3 Å². The molecular weight excluding hydrogens is 445 g/mol. The van der Waals surface area contributed by atoms with E-state index in [-0.39, 0.29) is 16.5 Å². The van der Waals surface area contributed by atoms with Crippen LogP contribution < -0.4 is 14.5 Å². The van der Waals surface area contributed by atoms with Gasteiger partial charge in [-0.05, 0) is 67.1 Å². The van der Waals surface area contributed by atoms with Gasteiger partial charge in [-0.15, -0.1) is 0 Å². The molecule has 1 aliphatic heterocycles. The second kappa shape index (κ2) is 9.41. The maximum Gasteiger partial charge on any atom is 0.264 e. The Labute approximate surface area is 191 Å². The Morgan fingerprint density at radius 2 is 1.64 bits per heavy atom. The summed E-state index contributed by atoms with van der Waals surface area (Å²) in [6.07, 6.45) is 1.33. The van der Waals surface area contributed by atoms with Crippen molar-refractivity contribution in [1.29, 1.82) is 0 Å². The van der Waals surface area contributed by atoms with Crippen LogP contribution in [0.15, 0.2) is 83.8 Å². The number of benzene rings is 3. The van der Waals surface area contributed by atoms with Crippen LogP contribution in [0.2, 0.25) is 0 Å². The number of amides is 2. The molecule has 0 unspecified atom stereocenters. The standard InChI is InChI=1S/C24H22FN3O4S/c25-18-8-12-21(13-9-18)28(33(31,32)22-5-2-1-3-6-22)17-23(29)26-19-10-14-20(15-11-19)27-16-4-7-24(27)30/h1-3,5-6,8-15H,4,7,16-17H2,(H,26,29). The van der Waals surface area contributed by atoms with Crippen molar-refractivity contribution in [2.75, 3.05) is 27.6 Å². The van der Waals surface area contributed by atoms with E-state index in [0.29, 0.717) is 18.7 Å². The van der Waals surface area contributed by atoms with Gasteiger partial charge in [-0.2, -0.15) is 0 Å². The van der Waals surface area contributed by atoms with Crippen molar-refractivity contribution in [3.8, 4) is 0 Å². The summed E-state index contributed by atoms with van der Waals surface area (Å²) >= 11 is 0. The number of rotatable bonds is 7. The van der Waals surface area contributed by atoms with E-state index in [4.69, 9.17) is 0 Å². The highest BCUT2D eigenvalue weighted by Crippen LogP contribution is 2.25. The third-order valence-electron chi connectivity index (χ3n) is 5.27. The van der Waals surface area contributed by atoms with Crippen LogP contribution in [0.1, 0.15) is 12.8 Å². The van der Waals surface area contributed by atoms with Gasteiger partial charge >= 0.3 is 0 Å². The summed E-state index contributed by atoms with van der Waals surface area (Å²) in [4.78, 5) is 26.4. The van der Waals surface area contributed by atoms with Crippen molar-refractivity contribution in [2.24, 2.45) is 0 Å². The van der Waals surface area contributed by atoms with Crippen LogP contribution >= 0.6 is 0 Å². The largest absolute Gasteiger partial charge is 0.325 e. The van der Waals surface area contributed by atoms with E-state index in [0.717, 1.165) is 28.5 Å². The molecule has 1 N–H and O–H groups in total. The minimum Gasteiger partial charge on any atom is -0.325 e. The molecule has 4 rings (SSSR count). The van der Waals surface area contributed by atoms with Crippen molar-refractivity contribution in [3.63, 3.8) is 0 Å². The molecule has 2 amide bonds.